The Bertz CT molecular complexity index is 654. The average molecular weight is 330 g/mol. The minimum absolute atomic E-state index is 0.00436. The van der Waals surface area contributed by atoms with Crippen LogP contribution in [0.3, 0.4) is 0 Å². The van der Waals surface area contributed by atoms with Gasteiger partial charge in [-0.1, -0.05) is 18.6 Å². The molecule has 1 aromatic rings. The van der Waals surface area contributed by atoms with E-state index in [0.717, 1.165) is 35.3 Å². The van der Waals surface area contributed by atoms with E-state index in [2.05, 4.69) is 24.7 Å². The fraction of sp³-hybridized carbons (Fsp3) is 0.450. The molecule has 4 nitrogen and oxygen atoms in total. The Labute approximate surface area is 143 Å². The molecule has 0 aromatic heterocycles. The molecule has 1 aromatic carbocycles. The van der Waals surface area contributed by atoms with Crippen molar-refractivity contribution in [2.24, 2.45) is 5.92 Å². The molecule has 1 heterocycles. The molecule has 130 valence electrons. The SMILES string of the molecule is COC(=O)/C=C/c1cc(CC=C(C)C)c2c(c1)C[C@H]([C@H](C)CO)O2. The predicted octanol–water partition coefficient (Wildman–Crippen LogP) is 3.31. The maximum absolute atomic E-state index is 11.3. The average Bonchev–Trinajstić information content (AvgIpc) is 3.00. The van der Waals surface area contributed by atoms with Crippen LogP contribution in [0.25, 0.3) is 6.08 Å². The summed E-state index contributed by atoms with van der Waals surface area (Å²) in [5, 5.41) is 9.39. The number of hydrogen-bond donors (Lipinski definition) is 1. The van der Waals surface area contributed by atoms with E-state index in [9.17, 15) is 9.90 Å². The summed E-state index contributed by atoms with van der Waals surface area (Å²) in [7, 11) is 1.37. The first-order chi connectivity index (χ1) is 11.4. The van der Waals surface area contributed by atoms with Gasteiger partial charge >= 0.3 is 5.97 Å². The summed E-state index contributed by atoms with van der Waals surface area (Å²) >= 11 is 0. The van der Waals surface area contributed by atoms with E-state index in [1.54, 1.807) is 6.08 Å². The highest BCUT2D eigenvalue weighted by atomic mass is 16.5. The van der Waals surface area contributed by atoms with Crippen LogP contribution in [0.15, 0.2) is 29.9 Å². The van der Waals surface area contributed by atoms with Crippen molar-refractivity contribution in [3.63, 3.8) is 0 Å². The fourth-order valence-corrected chi connectivity index (χ4v) is 2.72. The highest BCUT2D eigenvalue weighted by Crippen LogP contribution is 2.37. The number of methoxy groups -OCH3 is 1. The molecule has 0 aliphatic carbocycles. The van der Waals surface area contributed by atoms with Crippen LogP contribution >= 0.6 is 0 Å². The van der Waals surface area contributed by atoms with E-state index >= 15 is 0 Å². The number of allylic oxidation sites excluding steroid dienone is 2. The van der Waals surface area contributed by atoms with E-state index in [4.69, 9.17) is 4.74 Å². The maximum Gasteiger partial charge on any atom is 0.330 e. The van der Waals surface area contributed by atoms with Crippen molar-refractivity contribution >= 4 is 12.0 Å². The Morgan fingerprint density at radius 3 is 2.83 bits per heavy atom. The van der Waals surface area contributed by atoms with Crippen molar-refractivity contribution in [3.8, 4) is 5.75 Å². The smallest absolute Gasteiger partial charge is 0.330 e. The van der Waals surface area contributed by atoms with Crippen molar-refractivity contribution in [2.75, 3.05) is 13.7 Å². The lowest BCUT2D eigenvalue weighted by atomic mass is 9.96. The van der Waals surface area contributed by atoms with Gasteiger partial charge in [-0.15, -0.1) is 0 Å². The number of rotatable bonds is 6. The summed E-state index contributed by atoms with van der Waals surface area (Å²) < 4.78 is 10.8. The van der Waals surface area contributed by atoms with Gasteiger partial charge in [0.1, 0.15) is 11.9 Å². The van der Waals surface area contributed by atoms with E-state index < -0.39 is 0 Å². The van der Waals surface area contributed by atoms with Gasteiger partial charge in [-0.2, -0.15) is 0 Å². The molecule has 0 unspecified atom stereocenters. The largest absolute Gasteiger partial charge is 0.489 e. The Morgan fingerprint density at radius 2 is 2.21 bits per heavy atom. The van der Waals surface area contributed by atoms with Crippen LogP contribution in [0.2, 0.25) is 0 Å². The number of fused-ring (bicyclic) bond motifs is 1. The highest BCUT2D eigenvalue weighted by molar-refractivity contribution is 5.87. The number of hydrogen-bond acceptors (Lipinski definition) is 4. The standard InChI is InChI=1S/C20H26O4/c1-13(2)5-7-16-9-15(6-8-19(22)23-4)10-17-11-18(14(3)12-21)24-20(16)17/h5-6,8-10,14,18,21H,7,11-12H2,1-4H3/b8-6+/t14-,18-/m1/s1. The van der Waals surface area contributed by atoms with Gasteiger partial charge in [0.05, 0.1) is 7.11 Å². The summed E-state index contributed by atoms with van der Waals surface area (Å²) in [5.41, 5.74) is 4.44. The first-order valence-electron chi connectivity index (χ1n) is 8.27. The minimum atomic E-state index is -0.371. The van der Waals surface area contributed by atoms with Crippen molar-refractivity contribution in [2.45, 2.75) is 39.7 Å². The molecular formula is C20H26O4. The minimum Gasteiger partial charge on any atom is -0.489 e. The van der Waals surface area contributed by atoms with E-state index in [1.165, 1.54) is 18.8 Å². The van der Waals surface area contributed by atoms with Crippen LogP contribution in [0, 0.1) is 5.92 Å². The zero-order valence-corrected chi connectivity index (χ0v) is 14.8. The summed E-state index contributed by atoms with van der Waals surface area (Å²) in [5.74, 6) is 0.639. The normalized spacial score (nSPS) is 17.3. The van der Waals surface area contributed by atoms with E-state index in [-0.39, 0.29) is 24.6 Å². The monoisotopic (exact) mass is 330 g/mol. The summed E-state index contributed by atoms with van der Waals surface area (Å²) in [6.45, 7) is 6.24. The van der Waals surface area contributed by atoms with Crippen molar-refractivity contribution in [1.82, 2.24) is 0 Å². The second-order valence-electron chi connectivity index (χ2n) is 6.53. The van der Waals surface area contributed by atoms with Crippen molar-refractivity contribution < 1.29 is 19.4 Å². The van der Waals surface area contributed by atoms with Gasteiger partial charge in [0.25, 0.3) is 0 Å². The number of aliphatic hydroxyl groups excluding tert-OH is 1. The number of esters is 1. The van der Waals surface area contributed by atoms with E-state index in [0.29, 0.717) is 0 Å². The number of carbonyl (C=O) groups excluding carboxylic acids is 1. The van der Waals surface area contributed by atoms with Crippen LogP contribution in [-0.4, -0.2) is 30.9 Å². The van der Waals surface area contributed by atoms with Gasteiger partial charge < -0.3 is 14.6 Å². The summed E-state index contributed by atoms with van der Waals surface area (Å²) in [6.07, 6.45) is 6.91. The molecule has 24 heavy (non-hydrogen) atoms. The Morgan fingerprint density at radius 1 is 1.46 bits per heavy atom. The second-order valence-corrected chi connectivity index (χ2v) is 6.53. The van der Waals surface area contributed by atoms with Gasteiger partial charge in [-0.05, 0) is 55.2 Å². The molecule has 1 N–H and O–H groups in total. The predicted molar refractivity (Wildman–Crippen MR) is 95.0 cm³/mol. The quantitative estimate of drug-likeness (QED) is 0.494. The summed E-state index contributed by atoms with van der Waals surface area (Å²) in [6, 6.07) is 4.09. The molecule has 0 spiro atoms. The second kappa shape index (κ2) is 8.15. The molecule has 0 saturated carbocycles. The zero-order chi connectivity index (χ0) is 17.7. The third kappa shape index (κ3) is 4.48. The van der Waals surface area contributed by atoms with Crippen LogP contribution in [0.5, 0.6) is 5.75 Å². The van der Waals surface area contributed by atoms with Gasteiger partial charge in [-0.25, -0.2) is 4.79 Å². The third-order valence-electron chi connectivity index (χ3n) is 4.22. The first-order valence-corrected chi connectivity index (χ1v) is 8.27. The molecule has 0 bridgehead atoms. The molecule has 1 aliphatic heterocycles. The topological polar surface area (TPSA) is 55.8 Å². The van der Waals surface area contributed by atoms with Crippen molar-refractivity contribution in [3.05, 3.63) is 46.5 Å². The van der Waals surface area contributed by atoms with Crippen LogP contribution < -0.4 is 4.74 Å². The summed E-state index contributed by atoms with van der Waals surface area (Å²) in [4.78, 5) is 11.3. The molecular weight excluding hydrogens is 304 g/mol. The van der Waals surface area contributed by atoms with Gasteiger partial charge in [0.15, 0.2) is 0 Å². The lowest BCUT2D eigenvalue weighted by Gasteiger charge is -2.17. The molecule has 0 radical (unpaired) electrons. The lowest BCUT2D eigenvalue weighted by Crippen LogP contribution is -2.25. The third-order valence-corrected chi connectivity index (χ3v) is 4.22. The Hall–Kier alpha value is -2.07. The molecule has 2 atom stereocenters. The molecule has 0 fully saturated rings. The number of carbonyl (C=O) groups is 1. The first kappa shape index (κ1) is 18.3. The van der Waals surface area contributed by atoms with Gasteiger partial charge in [-0.3, -0.25) is 0 Å². The number of aliphatic hydroxyl groups is 1. The molecule has 0 amide bonds. The number of benzene rings is 1. The zero-order valence-electron chi connectivity index (χ0n) is 14.8. The van der Waals surface area contributed by atoms with Crippen molar-refractivity contribution in [1.29, 1.82) is 0 Å². The highest BCUT2D eigenvalue weighted by Gasteiger charge is 2.29. The maximum atomic E-state index is 11.3. The van der Waals surface area contributed by atoms with Crippen LogP contribution in [0.1, 0.15) is 37.5 Å². The van der Waals surface area contributed by atoms with Crippen LogP contribution in [0.4, 0.5) is 0 Å². The Balaban J connectivity index is 2.35. The van der Waals surface area contributed by atoms with Gasteiger partial charge in [0, 0.05) is 25.0 Å². The molecule has 0 saturated heterocycles. The van der Waals surface area contributed by atoms with Crippen LogP contribution in [-0.2, 0) is 22.4 Å². The number of ether oxygens (including phenoxy) is 2. The molecule has 1 aliphatic rings. The lowest BCUT2D eigenvalue weighted by molar-refractivity contribution is -0.134. The molecule has 4 heteroatoms. The Kier molecular flexibility index (Phi) is 6.21. The molecule has 2 rings (SSSR count). The fourth-order valence-electron chi connectivity index (χ4n) is 2.72. The van der Waals surface area contributed by atoms with E-state index in [1.807, 2.05) is 19.1 Å². The van der Waals surface area contributed by atoms with Gasteiger partial charge in [0.2, 0.25) is 0 Å².